The summed E-state index contributed by atoms with van der Waals surface area (Å²) in [5, 5.41) is 27.8. The van der Waals surface area contributed by atoms with Crippen molar-refractivity contribution in [1.29, 1.82) is 5.26 Å². The highest BCUT2D eigenvalue weighted by atomic mass is 16.1. The average molecular weight is 438 g/mol. The van der Waals surface area contributed by atoms with Crippen LogP contribution in [0.4, 0.5) is 0 Å². The molecule has 0 spiro atoms. The number of amides is 1. The Morgan fingerprint density at radius 2 is 1.88 bits per heavy atom. The average Bonchev–Trinajstić information content (AvgIpc) is 3.39. The number of nitrogens with one attached hydrogen (secondary N) is 3. The van der Waals surface area contributed by atoms with E-state index in [1.807, 2.05) is 24.3 Å². The molecule has 2 heterocycles. The fraction of sp³-hybridized carbons (Fsp3) is 0.240. The summed E-state index contributed by atoms with van der Waals surface area (Å²) >= 11 is 0. The minimum atomic E-state index is -0.179. The quantitative estimate of drug-likeness (QED) is 0.448. The Morgan fingerprint density at radius 1 is 1.09 bits per heavy atom. The molecule has 0 radical (unpaired) electrons. The lowest BCUT2D eigenvalue weighted by molar-refractivity contribution is 0.0925. The van der Waals surface area contributed by atoms with E-state index in [4.69, 9.17) is 0 Å². The van der Waals surface area contributed by atoms with Gasteiger partial charge in [0.1, 0.15) is 0 Å². The molecule has 164 valence electrons. The molecule has 8 heteroatoms. The molecule has 3 N–H and O–H groups in total. The molecule has 8 nitrogen and oxygen atoms in total. The Bertz CT molecular complexity index is 1410. The van der Waals surface area contributed by atoms with Gasteiger partial charge in [-0.05, 0) is 43.9 Å². The first-order valence-corrected chi connectivity index (χ1v) is 11.0. The number of carbonyl (C=O) groups is 1. The Kier molecular flexibility index (Phi) is 5.45. The van der Waals surface area contributed by atoms with Crippen LogP contribution in [0.15, 0.2) is 59.7 Å². The highest BCUT2D eigenvalue weighted by Crippen LogP contribution is 2.34. The van der Waals surface area contributed by atoms with E-state index in [9.17, 15) is 14.9 Å². The predicted octanol–water partition coefficient (Wildman–Crippen LogP) is 3.64. The molecule has 0 saturated heterocycles. The third-order valence-electron chi connectivity index (χ3n) is 6.39. The van der Waals surface area contributed by atoms with Gasteiger partial charge in [0.05, 0.1) is 28.9 Å². The van der Waals surface area contributed by atoms with Crippen molar-refractivity contribution in [1.82, 2.24) is 25.7 Å². The Morgan fingerprint density at radius 3 is 2.61 bits per heavy atom. The third-order valence-corrected chi connectivity index (χ3v) is 6.39. The molecular formula is C25H22N6O2. The van der Waals surface area contributed by atoms with Crippen LogP contribution >= 0.6 is 0 Å². The number of aromatic amines is 2. The molecule has 1 aliphatic rings. The second-order valence-electron chi connectivity index (χ2n) is 8.36. The number of aromatic nitrogens is 4. The van der Waals surface area contributed by atoms with E-state index in [-0.39, 0.29) is 23.4 Å². The van der Waals surface area contributed by atoms with E-state index in [0.717, 1.165) is 47.9 Å². The predicted molar refractivity (Wildman–Crippen MR) is 124 cm³/mol. The molecule has 2 aromatic carbocycles. The van der Waals surface area contributed by atoms with Crippen LogP contribution in [-0.2, 0) is 0 Å². The van der Waals surface area contributed by atoms with Gasteiger partial charge < -0.3 is 5.32 Å². The summed E-state index contributed by atoms with van der Waals surface area (Å²) in [6, 6.07) is 14.9. The first-order valence-electron chi connectivity index (χ1n) is 11.0. The zero-order valence-corrected chi connectivity index (χ0v) is 17.8. The molecule has 1 aliphatic carbocycles. The fourth-order valence-corrected chi connectivity index (χ4v) is 4.65. The van der Waals surface area contributed by atoms with Gasteiger partial charge in [0.2, 0.25) is 0 Å². The lowest BCUT2D eigenvalue weighted by Gasteiger charge is -2.29. The Balaban J connectivity index is 1.27. The summed E-state index contributed by atoms with van der Waals surface area (Å²) in [6.45, 7) is 0. The van der Waals surface area contributed by atoms with Gasteiger partial charge in [-0.15, -0.1) is 0 Å². The molecule has 5 rings (SSSR count). The van der Waals surface area contributed by atoms with Gasteiger partial charge in [-0.25, -0.2) is 5.10 Å². The molecule has 1 saturated carbocycles. The van der Waals surface area contributed by atoms with Gasteiger partial charge in [-0.2, -0.15) is 15.5 Å². The van der Waals surface area contributed by atoms with Crippen molar-refractivity contribution >= 4 is 16.7 Å². The van der Waals surface area contributed by atoms with Gasteiger partial charge in [0.25, 0.3) is 11.5 Å². The molecule has 0 aliphatic heterocycles. The number of fused-ring (bicyclic) bond motifs is 1. The fourth-order valence-electron chi connectivity index (χ4n) is 4.65. The molecule has 0 bridgehead atoms. The maximum Gasteiger partial charge on any atom is 0.272 e. The zero-order valence-electron chi connectivity index (χ0n) is 17.8. The number of benzene rings is 2. The highest BCUT2D eigenvalue weighted by molar-refractivity contribution is 5.95. The first kappa shape index (κ1) is 20.6. The SMILES string of the molecule is N#Cc1cc(C(=O)N[C@H]2CC[C@H](c3n[nH]c(=O)c4ccccc43)CC2)ccc1-c1cn[nH]c1. The van der Waals surface area contributed by atoms with Gasteiger partial charge in [0, 0.05) is 40.2 Å². The topological polar surface area (TPSA) is 127 Å². The number of hydrogen-bond acceptors (Lipinski definition) is 5. The summed E-state index contributed by atoms with van der Waals surface area (Å²) < 4.78 is 0. The number of carbonyl (C=O) groups excluding carboxylic acids is 1. The van der Waals surface area contributed by atoms with Crippen LogP contribution in [0.3, 0.4) is 0 Å². The number of H-pyrrole nitrogens is 2. The normalized spacial score (nSPS) is 18.0. The van der Waals surface area contributed by atoms with Crippen molar-refractivity contribution in [2.75, 3.05) is 0 Å². The molecule has 0 unspecified atom stereocenters. The number of nitriles is 1. The second-order valence-corrected chi connectivity index (χ2v) is 8.36. The largest absolute Gasteiger partial charge is 0.349 e. The molecule has 1 amide bonds. The van der Waals surface area contributed by atoms with Crippen molar-refractivity contribution in [3.8, 4) is 17.2 Å². The van der Waals surface area contributed by atoms with Gasteiger partial charge >= 0.3 is 0 Å². The minimum absolute atomic E-state index is 0.0573. The summed E-state index contributed by atoms with van der Waals surface area (Å²) in [4.78, 5) is 24.9. The summed E-state index contributed by atoms with van der Waals surface area (Å²) in [5.41, 5.74) is 3.19. The maximum atomic E-state index is 12.9. The summed E-state index contributed by atoms with van der Waals surface area (Å²) in [6.07, 6.45) is 6.75. The second kappa shape index (κ2) is 8.71. The van der Waals surface area contributed by atoms with Crippen LogP contribution in [0.5, 0.6) is 0 Å². The Hall–Kier alpha value is -4.25. The third kappa shape index (κ3) is 4.01. The number of rotatable bonds is 4. The van der Waals surface area contributed by atoms with Gasteiger partial charge in [0.15, 0.2) is 0 Å². The van der Waals surface area contributed by atoms with Crippen LogP contribution in [-0.4, -0.2) is 32.3 Å². The molecule has 0 atom stereocenters. The monoisotopic (exact) mass is 438 g/mol. The van der Waals surface area contributed by atoms with Crippen molar-refractivity contribution in [3.63, 3.8) is 0 Å². The maximum absolute atomic E-state index is 12.9. The lowest BCUT2D eigenvalue weighted by Crippen LogP contribution is -2.37. The standard InChI is InChI=1S/C25H22N6O2/c26-12-17-11-16(7-10-20(17)18-13-27-28-14-18)24(32)29-19-8-5-15(6-9-19)23-21-3-1-2-4-22(21)25(33)31-30-23/h1-4,7,10-11,13-15,19H,5-6,8-9H2,(H,27,28)(H,29,32)(H,31,33)/t15-,19-. The van der Waals surface area contributed by atoms with E-state index in [1.54, 1.807) is 30.6 Å². The summed E-state index contributed by atoms with van der Waals surface area (Å²) in [7, 11) is 0. The van der Waals surface area contributed by atoms with Crippen LogP contribution in [0, 0.1) is 11.3 Å². The molecule has 4 aromatic rings. The molecule has 33 heavy (non-hydrogen) atoms. The van der Waals surface area contributed by atoms with Crippen LogP contribution in [0.1, 0.15) is 53.2 Å². The molecule has 1 fully saturated rings. The Labute approximate surface area is 189 Å². The lowest BCUT2D eigenvalue weighted by atomic mass is 9.82. The van der Waals surface area contributed by atoms with Gasteiger partial charge in [-0.1, -0.05) is 24.3 Å². The van der Waals surface area contributed by atoms with E-state index in [1.165, 1.54) is 0 Å². The van der Waals surface area contributed by atoms with Crippen LogP contribution < -0.4 is 10.9 Å². The van der Waals surface area contributed by atoms with E-state index in [2.05, 4.69) is 31.8 Å². The zero-order chi connectivity index (χ0) is 22.8. The van der Waals surface area contributed by atoms with E-state index in [0.29, 0.717) is 16.5 Å². The van der Waals surface area contributed by atoms with Crippen LogP contribution in [0.25, 0.3) is 21.9 Å². The van der Waals surface area contributed by atoms with Crippen molar-refractivity contribution in [2.45, 2.75) is 37.6 Å². The van der Waals surface area contributed by atoms with E-state index >= 15 is 0 Å². The minimum Gasteiger partial charge on any atom is -0.349 e. The smallest absolute Gasteiger partial charge is 0.272 e. The van der Waals surface area contributed by atoms with Crippen molar-refractivity contribution < 1.29 is 4.79 Å². The number of nitrogens with zero attached hydrogens (tertiary/aromatic N) is 3. The van der Waals surface area contributed by atoms with Crippen molar-refractivity contribution in [3.05, 3.63) is 82.0 Å². The molecular weight excluding hydrogens is 416 g/mol. The highest BCUT2D eigenvalue weighted by Gasteiger charge is 2.26. The van der Waals surface area contributed by atoms with Crippen LogP contribution in [0.2, 0.25) is 0 Å². The number of hydrogen-bond donors (Lipinski definition) is 3. The molecule has 2 aromatic heterocycles. The first-order chi connectivity index (χ1) is 16.1. The van der Waals surface area contributed by atoms with E-state index < -0.39 is 0 Å². The van der Waals surface area contributed by atoms with Crippen molar-refractivity contribution in [2.24, 2.45) is 0 Å². The van der Waals surface area contributed by atoms with Gasteiger partial charge in [-0.3, -0.25) is 14.7 Å². The summed E-state index contributed by atoms with van der Waals surface area (Å²) in [5.74, 6) is 0.0562.